The lowest BCUT2D eigenvalue weighted by atomic mass is 9.82. The third kappa shape index (κ3) is 8.05. The molecule has 10 heteroatoms. The van der Waals surface area contributed by atoms with E-state index in [9.17, 15) is 18.0 Å². The van der Waals surface area contributed by atoms with Gasteiger partial charge in [-0.05, 0) is 64.2 Å². The fourth-order valence-electron chi connectivity index (χ4n) is 5.82. The highest BCUT2D eigenvalue weighted by Crippen LogP contribution is 2.43. The predicted molar refractivity (Wildman–Crippen MR) is 185 cm³/mol. The number of nitrogens with zero attached hydrogens (tertiary/aromatic N) is 1. The number of carbonyl (C=O) groups is 1. The summed E-state index contributed by atoms with van der Waals surface area (Å²) < 4.78 is 51.6. The number of ether oxygens (including phenoxy) is 2. The molecule has 0 spiro atoms. The predicted octanol–water partition coefficient (Wildman–Crippen LogP) is 7.45. The molecular formula is C40H36F3N3O4. The number of hydrogen-bond acceptors (Lipinski definition) is 6. The molecule has 0 bridgehead atoms. The van der Waals surface area contributed by atoms with Crippen LogP contribution in [0.25, 0.3) is 11.1 Å². The standard InChI is InChI=1S/C40H36F3N3O4/c41-40(42,43)34-20-12-29(13-21-34)27-44-46-38(48)39(26-28-8-3-1-4-9-28)36(32-16-14-31(15-17-32)30-10-5-2-6-11-30)50-37(45-39)33-18-22-35(23-19-33)49-25-7-24-47/h1-6,8-23,36,44,47H,7,24-27H2,(H,46,48)/t36-,39-/m0/s1. The van der Waals surface area contributed by atoms with Gasteiger partial charge in [-0.1, -0.05) is 97.1 Å². The lowest BCUT2D eigenvalue weighted by Gasteiger charge is -2.31. The van der Waals surface area contributed by atoms with Gasteiger partial charge < -0.3 is 14.6 Å². The lowest BCUT2D eigenvalue weighted by Crippen LogP contribution is -2.53. The normalized spacial score (nSPS) is 17.1. The monoisotopic (exact) mass is 679 g/mol. The van der Waals surface area contributed by atoms with Gasteiger partial charge in [0.15, 0.2) is 11.6 Å². The summed E-state index contributed by atoms with van der Waals surface area (Å²) in [7, 11) is 0. The molecule has 1 aliphatic heterocycles. The molecule has 0 unspecified atom stereocenters. The molecule has 5 aromatic carbocycles. The molecule has 0 fully saturated rings. The molecule has 1 heterocycles. The first-order valence-electron chi connectivity index (χ1n) is 16.2. The van der Waals surface area contributed by atoms with Crippen molar-refractivity contribution in [3.05, 3.63) is 161 Å². The van der Waals surface area contributed by atoms with Crippen molar-refractivity contribution in [2.45, 2.75) is 37.2 Å². The SMILES string of the molecule is O=C(NNCc1ccc(C(F)(F)F)cc1)[C@@]1(Cc2ccccc2)N=C(c2ccc(OCCCO)cc2)O[C@H]1c1ccc(-c2ccccc2)cc1. The molecule has 0 saturated carbocycles. The minimum Gasteiger partial charge on any atom is -0.494 e. The van der Waals surface area contributed by atoms with Gasteiger partial charge in [0.2, 0.25) is 5.90 Å². The van der Waals surface area contributed by atoms with Gasteiger partial charge in [-0.15, -0.1) is 0 Å². The minimum absolute atomic E-state index is 0.0290. The Balaban J connectivity index is 1.33. The topological polar surface area (TPSA) is 92.2 Å². The maximum Gasteiger partial charge on any atom is 0.416 e. The maximum absolute atomic E-state index is 14.4. The number of halogens is 3. The highest BCUT2D eigenvalue weighted by Gasteiger charge is 2.53. The molecular weight excluding hydrogens is 643 g/mol. The van der Waals surface area contributed by atoms with Gasteiger partial charge in [-0.2, -0.15) is 13.2 Å². The Morgan fingerprint density at radius 1 is 0.780 bits per heavy atom. The Bertz CT molecular complexity index is 1880. The Hall–Kier alpha value is -5.45. The highest BCUT2D eigenvalue weighted by molar-refractivity contribution is 6.01. The summed E-state index contributed by atoms with van der Waals surface area (Å²) >= 11 is 0. The van der Waals surface area contributed by atoms with E-state index >= 15 is 0 Å². The molecule has 0 aliphatic carbocycles. The number of nitrogens with one attached hydrogen (secondary N) is 2. The van der Waals surface area contributed by atoms with E-state index in [1.807, 2.05) is 97.1 Å². The van der Waals surface area contributed by atoms with Gasteiger partial charge in [0.05, 0.1) is 12.2 Å². The zero-order valence-electron chi connectivity index (χ0n) is 27.1. The summed E-state index contributed by atoms with van der Waals surface area (Å²) in [5.74, 6) is 0.428. The Morgan fingerprint density at radius 3 is 2.04 bits per heavy atom. The van der Waals surface area contributed by atoms with Crippen LogP contribution in [-0.4, -0.2) is 35.7 Å². The zero-order valence-corrected chi connectivity index (χ0v) is 27.1. The molecule has 3 N–H and O–H groups in total. The molecule has 2 atom stereocenters. The third-order valence-electron chi connectivity index (χ3n) is 8.44. The molecule has 6 rings (SSSR count). The third-order valence-corrected chi connectivity index (χ3v) is 8.44. The molecule has 0 radical (unpaired) electrons. The fourth-order valence-corrected chi connectivity index (χ4v) is 5.82. The van der Waals surface area contributed by atoms with Crippen molar-refractivity contribution < 1.29 is 32.5 Å². The smallest absolute Gasteiger partial charge is 0.416 e. The van der Waals surface area contributed by atoms with Crippen LogP contribution >= 0.6 is 0 Å². The van der Waals surface area contributed by atoms with Crippen LogP contribution in [0, 0.1) is 0 Å². The molecule has 256 valence electrons. The van der Waals surface area contributed by atoms with Crippen molar-refractivity contribution in [1.29, 1.82) is 0 Å². The van der Waals surface area contributed by atoms with Crippen molar-refractivity contribution in [2.75, 3.05) is 13.2 Å². The second-order valence-electron chi connectivity index (χ2n) is 11.9. The number of hydrogen-bond donors (Lipinski definition) is 3. The van der Waals surface area contributed by atoms with Crippen LogP contribution in [0.3, 0.4) is 0 Å². The van der Waals surface area contributed by atoms with Crippen molar-refractivity contribution in [3.8, 4) is 16.9 Å². The summed E-state index contributed by atoms with van der Waals surface area (Å²) in [4.78, 5) is 19.5. The maximum atomic E-state index is 14.4. The van der Waals surface area contributed by atoms with Crippen LogP contribution in [-0.2, 0) is 28.7 Å². The number of aliphatic hydroxyl groups is 1. The van der Waals surface area contributed by atoms with Gasteiger partial charge in [0.25, 0.3) is 5.91 Å². The Labute approximate surface area is 288 Å². The number of benzene rings is 5. The van der Waals surface area contributed by atoms with Crippen LogP contribution in [0.2, 0.25) is 0 Å². The molecule has 1 aliphatic rings. The minimum atomic E-state index is -4.44. The van der Waals surface area contributed by atoms with Crippen LogP contribution in [0.4, 0.5) is 13.2 Å². The van der Waals surface area contributed by atoms with Gasteiger partial charge in [0, 0.05) is 31.6 Å². The quantitative estimate of drug-likeness (QED) is 0.0889. The molecule has 0 aromatic heterocycles. The van der Waals surface area contributed by atoms with Crippen molar-refractivity contribution >= 4 is 11.8 Å². The van der Waals surface area contributed by atoms with Crippen molar-refractivity contribution in [3.63, 3.8) is 0 Å². The average molecular weight is 680 g/mol. The summed E-state index contributed by atoms with van der Waals surface area (Å²) in [5, 5.41) is 9.09. The first-order valence-corrected chi connectivity index (χ1v) is 16.2. The lowest BCUT2D eigenvalue weighted by molar-refractivity contribution is -0.137. The number of carbonyl (C=O) groups excluding carboxylic acids is 1. The van der Waals surface area contributed by atoms with Crippen LogP contribution < -0.4 is 15.6 Å². The summed E-state index contributed by atoms with van der Waals surface area (Å²) in [5.41, 5.74) is 8.30. The second-order valence-corrected chi connectivity index (χ2v) is 11.9. The van der Waals surface area contributed by atoms with E-state index in [1.165, 1.54) is 12.1 Å². The van der Waals surface area contributed by atoms with E-state index in [-0.39, 0.29) is 25.5 Å². The summed E-state index contributed by atoms with van der Waals surface area (Å²) in [6.07, 6.45) is -4.58. The fraction of sp³-hybridized carbons (Fsp3) is 0.200. The van der Waals surface area contributed by atoms with Gasteiger partial charge in [-0.25, -0.2) is 10.4 Å². The van der Waals surface area contributed by atoms with Crippen molar-refractivity contribution in [1.82, 2.24) is 10.9 Å². The Morgan fingerprint density at radius 2 is 1.40 bits per heavy atom. The summed E-state index contributed by atoms with van der Waals surface area (Å²) in [6, 6.07) is 39.2. The van der Waals surface area contributed by atoms with E-state index in [1.54, 1.807) is 12.1 Å². The number of rotatable bonds is 13. The van der Waals surface area contributed by atoms with Crippen LogP contribution in [0.1, 0.15) is 40.3 Å². The number of aliphatic imine (C=N–C) groups is 1. The van der Waals surface area contributed by atoms with E-state index in [2.05, 4.69) is 10.9 Å². The van der Waals surface area contributed by atoms with Crippen molar-refractivity contribution in [2.24, 2.45) is 4.99 Å². The highest BCUT2D eigenvalue weighted by atomic mass is 19.4. The number of aliphatic hydroxyl groups excluding tert-OH is 1. The zero-order chi connectivity index (χ0) is 35.0. The van der Waals surface area contributed by atoms with E-state index < -0.39 is 29.3 Å². The van der Waals surface area contributed by atoms with E-state index in [0.29, 0.717) is 29.9 Å². The average Bonchev–Trinajstić information content (AvgIpc) is 3.53. The molecule has 0 saturated heterocycles. The van der Waals surface area contributed by atoms with Gasteiger partial charge in [0.1, 0.15) is 5.75 Å². The largest absolute Gasteiger partial charge is 0.494 e. The second kappa shape index (κ2) is 15.4. The van der Waals surface area contributed by atoms with Gasteiger partial charge >= 0.3 is 6.18 Å². The Kier molecular flexibility index (Phi) is 10.6. The number of hydrazine groups is 1. The number of amides is 1. The number of alkyl halides is 3. The van der Waals surface area contributed by atoms with E-state index in [4.69, 9.17) is 19.6 Å². The molecule has 7 nitrogen and oxygen atoms in total. The molecule has 5 aromatic rings. The van der Waals surface area contributed by atoms with Crippen LogP contribution in [0.5, 0.6) is 5.75 Å². The van der Waals surface area contributed by atoms with Gasteiger partial charge in [-0.3, -0.25) is 10.2 Å². The summed E-state index contributed by atoms with van der Waals surface area (Å²) in [6.45, 7) is 0.478. The first-order chi connectivity index (χ1) is 24.2. The van der Waals surface area contributed by atoms with E-state index in [0.717, 1.165) is 34.4 Å². The molecule has 1 amide bonds. The first kappa shape index (κ1) is 34.4. The molecule has 50 heavy (non-hydrogen) atoms. The van der Waals surface area contributed by atoms with Crippen LogP contribution in [0.15, 0.2) is 138 Å².